The van der Waals surface area contributed by atoms with Crippen LogP contribution in [0.1, 0.15) is 13.8 Å². The van der Waals surface area contributed by atoms with Gasteiger partial charge in [0.2, 0.25) is 0 Å². The van der Waals surface area contributed by atoms with Crippen LogP contribution in [0.3, 0.4) is 0 Å². The molecular formula is C11H20BO2P. The summed E-state index contributed by atoms with van der Waals surface area (Å²) in [6.45, 7) is 9.60. The van der Waals surface area contributed by atoms with E-state index >= 15 is 0 Å². The van der Waals surface area contributed by atoms with Crippen LogP contribution in [0.25, 0.3) is 0 Å². The van der Waals surface area contributed by atoms with Crippen molar-refractivity contribution in [2.75, 3.05) is 13.3 Å². The molecule has 0 heterocycles. The maximum atomic E-state index is 9.13. The lowest BCUT2D eigenvalue weighted by Gasteiger charge is -2.29. The van der Waals surface area contributed by atoms with E-state index in [1.165, 1.54) is 0 Å². The van der Waals surface area contributed by atoms with Gasteiger partial charge in [0.05, 0.1) is 6.10 Å². The lowest BCUT2D eigenvalue weighted by atomic mass is 9.94. The lowest BCUT2D eigenvalue weighted by molar-refractivity contribution is 0.0842. The van der Waals surface area contributed by atoms with Gasteiger partial charge in [-0.25, -0.2) is 0 Å². The molecule has 4 heteroatoms. The molecule has 0 aliphatic rings. The second-order valence-corrected chi connectivity index (χ2v) is 5.06. The van der Waals surface area contributed by atoms with Crippen molar-refractivity contribution in [2.45, 2.75) is 20.0 Å². The summed E-state index contributed by atoms with van der Waals surface area (Å²) < 4.78 is 5.66. The third kappa shape index (κ3) is 6.14. The number of allylic oxidation sites excluding steroid dienone is 2. The summed E-state index contributed by atoms with van der Waals surface area (Å²) >= 11 is 0. The molecule has 1 N–H and O–H groups in total. The second kappa shape index (κ2) is 8.09. The van der Waals surface area contributed by atoms with Gasteiger partial charge in [-0.2, -0.15) is 0 Å². The Morgan fingerprint density at radius 3 is 2.53 bits per heavy atom. The lowest BCUT2D eigenvalue weighted by Crippen LogP contribution is -2.28. The summed E-state index contributed by atoms with van der Waals surface area (Å²) in [6, 6.07) is 0. The predicted molar refractivity (Wildman–Crippen MR) is 68.2 cm³/mol. The quantitative estimate of drug-likeness (QED) is 0.410. The minimum Gasteiger partial charge on any atom is -0.396 e. The predicted octanol–water partition coefficient (Wildman–Crippen LogP) is 2.49. The van der Waals surface area contributed by atoms with E-state index in [4.69, 9.17) is 17.2 Å². The Morgan fingerprint density at radius 1 is 1.53 bits per heavy atom. The summed E-state index contributed by atoms with van der Waals surface area (Å²) in [5.74, 6) is 0.307. The minimum absolute atomic E-state index is 0.0349. The van der Waals surface area contributed by atoms with Crippen LogP contribution in [0.5, 0.6) is 0 Å². The Morgan fingerprint density at radius 2 is 2.13 bits per heavy atom. The fraction of sp³-hybridized carbons (Fsp3) is 0.636. The zero-order valence-electron chi connectivity index (χ0n) is 9.76. The molecule has 0 spiro atoms. The molecule has 15 heavy (non-hydrogen) atoms. The molecule has 0 amide bonds. The van der Waals surface area contributed by atoms with Gasteiger partial charge in [0.1, 0.15) is 7.57 Å². The summed E-state index contributed by atoms with van der Waals surface area (Å²) in [5, 5.41) is 9.13. The highest BCUT2D eigenvalue weighted by molar-refractivity contribution is 7.77. The summed E-state index contributed by atoms with van der Waals surface area (Å²) in [5.41, 5.74) is 0. The van der Waals surface area contributed by atoms with Crippen molar-refractivity contribution in [3.05, 3.63) is 24.8 Å². The first kappa shape index (κ1) is 14.9. The van der Waals surface area contributed by atoms with Crippen molar-refractivity contribution in [1.29, 1.82) is 0 Å². The van der Waals surface area contributed by atoms with Crippen LogP contribution >= 0.6 is 8.03 Å². The van der Waals surface area contributed by atoms with Gasteiger partial charge in [0, 0.05) is 18.4 Å². The fourth-order valence-corrected chi connectivity index (χ4v) is 2.16. The van der Waals surface area contributed by atoms with Gasteiger partial charge in [-0.15, -0.1) is 0 Å². The van der Waals surface area contributed by atoms with E-state index in [2.05, 4.69) is 13.5 Å². The van der Waals surface area contributed by atoms with E-state index in [0.29, 0.717) is 0 Å². The molecule has 0 aliphatic heterocycles. The number of aliphatic hydroxyl groups is 1. The zero-order valence-corrected chi connectivity index (χ0v) is 10.7. The normalized spacial score (nSPS) is 19.7. The molecule has 0 aromatic heterocycles. The highest BCUT2D eigenvalue weighted by Gasteiger charge is 2.23. The smallest absolute Gasteiger partial charge is 0.148 e. The van der Waals surface area contributed by atoms with E-state index in [1.807, 2.05) is 25.7 Å². The van der Waals surface area contributed by atoms with Crippen LogP contribution in [0.15, 0.2) is 24.8 Å². The number of hydrogen-bond acceptors (Lipinski definition) is 2. The molecule has 0 aromatic carbocycles. The Labute approximate surface area is 95.6 Å². The number of rotatable bonds is 7. The molecule has 0 aliphatic carbocycles. The SMILES string of the molecule is [B]P(C)O[C@@H](C(C)/C=C\C=C)[C@@H](C)CO. The van der Waals surface area contributed by atoms with Crippen LogP contribution in [0.2, 0.25) is 0 Å². The van der Waals surface area contributed by atoms with Crippen molar-refractivity contribution in [3.63, 3.8) is 0 Å². The molecular weight excluding hydrogens is 206 g/mol. The maximum absolute atomic E-state index is 9.13. The first-order valence-electron chi connectivity index (χ1n) is 5.08. The van der Waals surface area contributed by atoms with Crippen molar-refractivity contribution in [3.8, 4) is 0 Å². The van der Waals surface area contributed by atoms with Crippen LogP contribution < -0.4 is 0 Å². The Bertz CT molecular complexity index is 207. The van der Waals surface area contributed by atoms with Crippen molar-refractivity contribution in [2.24, 2.45) is 11.8 Å². The van der Waals surface area contributed by atoms with E-state index in [1.54, 1.807) is 6.08 Å². The summed E-state index contributed by atoms with van der Waals surface area (Å²) in [6.07, 6.45) is 5.60. The van der Waals surface area contributed by atoms with Gasteiger partial charge in [-0.3, -0.25) is 0 Å². The van der Waals surface area contributed by atoms with Crippen LogP contribution in [-0.4, -0.2) is 32.0 Å². The molecule has 84 valence electrons. The average molecular weight is 226 g/mol. The highest BCUT2D eigenvalue weighted by Crippen LogP contribution is 2.33. The summed E-state index contributed by atoms with van der Waals surface area (Å²) in [4.78, 5) is 0. The fourth-order valence-electron chi connectivity index (χ4n) is 1.38. The molecule has 2 nitrogen and oxygen atoms in total. The molecule has 0 saturated carbocycles. The molecule has 2 unspecified atom stereocenters. The van der Waals surface area contributed by atoms with Gasteiger partial charge in [-0.05, 0) is 14.7 Å². The monoisotopic (exact) mass is 226 g/mol. The van der Waals surface area contributed by atoms with Crippen molar-refractivity contribution >= 4 is 15.6 Å². The van der Waals surface area contributed by atoms with E-state index in [9.17, 15) is 0 Å². The minimum atomic E-state index is -0.896. The molecule has 4 atom stereocenters. The highest BCUT2D eigenvalue weighted by atomic mass is 31.1. The molecule has 0 aromatic rings. The van der Waals surface area contributed by atoms with Crippen molar-refractivity contribution < 1.29 is 9.63 Å². The van der Waals surface area contributed by atoms with E-state index in [0.717, 1.165) is 0 Å². The van der Waals surface area contributed by atoms with E-state index < -0.39 is 8.03 Å². The van der Waals surface area contributed by atoms with Crippen LogP contribution in [0.4, 0.5) is 0 Å². The van der Waals surface area contributed by atoms with Gasteiger partial charge in [-0.1, -0.05) is 38.7 Å². The Kier molecular flexibility index (Phi) is 8.04. The van der Waals surface area contributed by atoms with Gasteiger partial charge in [0.25, 0.3) is 0 Å². The zero-order chi connectivity index (χ0) is 11.8. The second-order valence-electron chi connectivity index (χ2n) is 3.76. The number of aliphatic hydroxyl groups excluding tert-OH is 1. The first-order chi connectivity index (χ1) is 7.02. The third-order valence-corrected chi connectivity index (χ3v) is 2.78. The van der Waals surface area contributed by atoms with Crippen LogP contribution in [0, 0.1) is 11.8 Å². The first-order valence-corrected chi connectivity index (χ1v) is 6.85. The maximum Gasteiger partial charge on any atom is 0.148 e. The van der Waals surface area contributed by atoms with Crippen LogP contribution in [-0.2, 0) is 4.52 Å². The third-order valence-electron chi connectivity index (χ3n) is 2.21. The molecule has 0 fully saturated rings. The molecule has 2 radical (unpaired) electrons. The van der Waals surface area contributed by atoms with Crippen molar-refractivity contribution in [1.82, 2.24) is 0 Å². The number of hydrogen-bond donors (Lipinski definition) is 1. The van der Waals surface area contributed by atoms with Gasteiger partial charge < -0.3 is 9.63 Å². The topological polar surface area (TPSA) is 29.5 Å². The average Bonchev–Trinajstić information content (AvgIpc) is 2.21. The Hall–Kier alpha value is -0.105. The van der Waals surface area contributed by atoms with Gasteiger partial charge in [0.15, 0.2) is 0 Å². The molecule has 0 rings (SSSR count). The largest absolute Gasteiger partial charge is 0.396 e. The molecule has 0 saturated heterocycles. The summed E-state index contributed by atoms with van der Waals surface area (Å²) in [7, 11) is 4.77. The van der Waals surface area contributed by atoms with E-state index in [-0.39, 0.29) is 24.5 Å². The molecule has 0 bridgehead atoms. The standard InChI is InChI=1S/C11H20BO2P/c1-5-6-7-9(2)11(10(3)8-13)14-15(4)12/h5-7,9-11,13H,1,8H2,2-4H3/b7-6-/t9?,10-,11-,15?/m0/s1. The Balaban J connectivity index is 4.45. The van der Waals surface area contributed by atoms with Gasteiger partial charge >= 0.3 is 0 Å².